The molecule has 0 atom stereocenters. The number of halogens is 1. The molecule has 2 aromatic rings. The number of aromatic carboxylic acids is 1. The van der Waals surface area contributed by atoms with Gasteiger partial charge in [-0.2, -0.15) is 9.78 Å². The van der Waals surface area contributed by atoms with Crippen LogP contribution in [0.3, 0.4) is 0 Å². The molecular weight excluding hydrogens is 284 g/mol. The Morgan fingerprint density at radius 1 is 1.30 bits per heavy atom. The number of carbonyl (C=O) groups excluding carboxylic acids is 1. The molecule has 102 valence electrons. The van der Waals surface area contributed by atoms with Gasteiger partial charge in [0.1, 0.15) is 11.3 Å². The van der Waals surface area contributed by atoms with E-state index in [0.29, 0.717) is 5.02 Å². The van der Waals surface area contributed by atoms with E-state index in [1.807, 2.05) is 0 Å². The third kappa shape index (κ3) is 2.60. The molecule has 7 heteroatoms. The number of benzene rings is 1. The van der Waals surface area contributed by atoms with E-state index in [0.717, 1.165) is 10.7 Å². The highest BCUT2D eigenvalue weighted by atomic mass is 35.5. The molecule has 0 spiro atoms. The second kappa shape index (κ2) is 5.26. The predicted octanol–water partition coefficient (Wildman–Crippen LogP) is 1.79. The first-order chi connectivity index (χ1) is 9.40. The standard InChI is InChI=1S/C13H9ClN2O4/c1-7(17)11-6-10(13(19)20)12(18)16(15-11)9-4-2-3-8(14)5-9/h2-6H,1H3,(H,19,20). The molecule has 1 heterocycles. The SMILES string of the molecule is CC(=O)c1cc(C(=O)O)c(=O)n(-c2cccc(Cl)c2)n1. The summed E-state index contributed by atoms with van der Waals surface area (Å²) in [6.07, 6.45) is 0. The van der Waals surface area contributed by atoms with E-state index in [1.165, 1.54) is 19.1 Å². The van der Waals surface area contributed by atoms with Crippen molar-refractivity contribution in [2.45, 2.75) is 6.92 Å². The Balaban J connectivity index is 2.78. The number of carboxylic acid groups (broad SMARTS) is 1. The van der Waals surface area contributed by atoms with E-state index in [2.05, 4.69) is 5.10 Å². The van der Waals surface area contributed by atoms with Crippen molar-refractivity contribution in [1.82, 2.24) is 9.78 Å². The predicted molar refractivity (Wildman–Crippen MR) is 71.8 cm³/mol. The van der Waals surface area contributed by atoms with Gasteiger partial charge in [-0.1, -0.05) is 17.7 Å². The summed E-state index contributed by atoms with van der Waals surface area (Å²) < 4.78 is 0.853. The number of ketones is 1. The lowest BCUT2D eigenvalue weighted by atomic mass is 10.2. The van der Waals surface area contributed by atoms with Crippen molar-refractivity contribution >= 4 is 23.4 Å². The zero-order chi connectivity index (χ0) is 14.9. The molecule has 0 saturated carbocycles. The normalized spacial score (nSPS) is 10.3. The van der Waals surface area contributed by atoms with E-state index in [-0.39, 0.29) is 11.4 Å². The van der Waals surface area contributed by atoms with Crippen LogP contribution >= 0.6 is 11.6 Å². The number of aromatic nitrogens is 2. The number of hydrogen-bond donors (Lipinski definition) is 1. The van der Waals surface area contributed by atoms with Crippen LogP contribution in [0.5, 0.6) is 0 Å². The molecule has 0 aliphatic carbocycles. The van der Waals surface area contributed by atoms with Gasteiger partial charge in [-0.3, -0.25) is 9.59 Å². The maximum Gasteiger partial charge on any atom is 0.341 e. The minimum absolute atomic E-state index is 0.109. The molecule has 0 fully saturated rings. The van der Waals surface area contributed by atoms with Gasteiger partial charge in [-0.25, -0.2) is 4.79 Å². The van der Waals surface area contributed by atoms with Gasteiger partial charge in [-0.15, -0.1) is 0 Å². The minimum atomic E-state index is -1.42. The van der Waals surface area contributed by atoms with Crippen LogP contribution in [0.1, 0.15) is 27.8 Å². The first kappa shape index (κ1) is 14.0. The first-order valence-electron chi connectivity index (χ1n) is 5.54. The van der Waals surface area contributed by atoms with Gasteiger partial charge in [-0.05, 0) is 24.3 Å². The monoisotopic (exact) mass is 292 g/mol. The van der Waals surface area contributed by atoms with E-state index < -0.39 is 22.9 Å². The molecule has 0 unspecified atom stereocenters. The van der Waals surface area contributed by atoms with Crippen molar-refractivity contribution < 1.29 is 14.7 Å². The second-order valence-corrected chi connectivity index (χ2v) is 4.44. The molecule has 1 aromatic heterocycles. The van der Waals surface area contributed by atoms with Crippen LogP contribution < -0.4 is 5.56 Å². The lowest BCUT2D eigenvalue weighted by Crippen LogP contribution is -2.29. The Labute approximate surface area is 118 Å². The van der Waals surface area contributed by atoms with E-state index >= 15 is 0 Å². The van der Waals surface area contributed by atoms with Crippen molar-refractivity contribution in [2.75, 3.05) is 0 Å². The average molecular weight is 293 g/mol. The van der Waals surface area contributed by atoms with Gasteiger partial charge in [0.05, 0.1) is 5.69 Å². The quantitative estimate of drug-likeness (QED) is 0.871. The van der Waals surface area contributed by atoms with Crippen molar-refractivity contribution in [1.29, 1.82) is 0 Å². The van der Waals surface area contributed by atoms with Gasteiger partial charge < -0.3 is 5.11 Å². The molecule has 20 heavy (non-hydrogen) atoms. The Kier molecular flexibility index (Phi) is 3.67. The molecule has 0 aliphatic rings. The fraction of sp³-hybridized carbons (Fsp3) is 0.0769. The summed E-state index contributed by atoms with van der Waals surface area (Å²) in [5.41, 5.74) is -1.18. The first-order valence-corrected chi connectivity index (χ1v) is 5.92. The number of carboxylic acids is 1. The van der Waals surface area contributed by atoms with E-state index in [1.54, 1.807) is 12.1 Å². The van der Waals surface area contributed by atoms with Crippen LogP contribution in [0.25, 0.3) is 5.69 Å². The molecule has 1 aromatic carbocycles. The number of hydrogen-bond acceptors (Lipinski definition) is 4. The number of Topliss-reactive ketones (excluding diaryl/α,β-unsaturated/α-hetero) is 1. The van der Waals surface area contributed by atoms with Gasteiger partial charge in [0, 0.05) is 11.9 Å². The highest BCUT2D eigenvalue weighted by Crippen LogP contribution is 2.13. The summed E-state index contributed by atoms with van der Waals surface area (Å²) in [7, 11) is 0. The Bertz CT molecular complexity index is 767. The van der Waals surface area contributed by atoms with Crippen molar-refractivity contribution in [2.24, 2.45) is 0 Å². The smallest absolute Gasteiger partial charge is 0.341 e. The van der Waals surface area contributed by atoms with Gasteiger partial charge in [0.25, 0.3) is 5.56 Å². The molecule has 6 nitrogen and oxygen atoms in total. The molecule has 2 rings (SSSR count). The number of carbonyl (C=O) groups is 2. The number of nitrogens with zero attached hydrogens (tertiary/aromatic N) is 2. The highest BCUT2D eigenvalue weighted by Gasteiger charge is 2.17. The van der Waals surface area contributed by atoms with Crippen LogP contribution in [0, 0.1) is 0 Å². The van der Waals surface area contributed by atoms with Crippen molar-refractivity contribution in [3.63, 3.8) is 0 Å². The Morgan fingerprint density at radius 3 is 2.55 bits per heavy atom. The summed E-state index contributed by atoms with van der Waals surface area (Å²) in [6.45, 7) is 1.24. The van der Waals surface area contributed by atoms with Crippen LogP contribution in [-0.4, -0.2) is 26.6 Å². The van der Waals surface area contributed by atoms with Gasteiger partial charge in [0.15, 0.2) is 5.78 Å². The van der Waals surface area contributed by atoms with Crippen molar-refractivity contribution in [3.8, 4) is 5.69 Å². The fourth-order valence-electron chi connectivity index (χ4n) is 1.60. The maximum absolute atomic E-state index is 12.1. The summed E-state index contributed by atoms with van der Waals surface area (Å²) >= 11 is 5.83. The Hall–Kier alpha value is -2.47. The molecule has 1 N–H and O–H groups in total. The lowest BCUT2D eigenvalue weighted by Gasteiger charge is -2.07. The number of rotatable bonds is 3. The largest absolute Gasteiger partial charge is 0.477 e. The average Bonchev–Trinajstić information content (AvgIpc) is 2.38. The fourth-order valence-corrected chi connectivity index (χ4v) is 1.79. The van der Waals surface area contributed by atoms with Gasteiger partial charge >= 0.3 is 5.97 Å². The topological polar surface area (TPSA) is 89.3 Å². The van der Waals surface area contributed by atoms with Gasteiger partial charge in [0.2, 0.25) is 0 Å². The Morgan fingerprint density at radius 2 is 2.00 bits per heavy atom. The lowest BCUT2D eigenvalue weighted by molar-refractivity contribution is 0.0694. The summed E-state index contributed by atoms with van der Waals surface area (Å²) in [5, 5.41) is 13.2. The molecule has 0 bridgehead atoms. The molecule has 0 aliphatic heterocycles. The summed E-state index contributed by atoms with van der Waals surface area (Å²) in [4.78, 5) is 34.5. The minimum Gasteiger partial charge on any atom is -0.477 e. The zero-order valence-corrected chi connectivity index (χ0v) is 11.1. The molecule has 0 radical (unpaired) electrons. The van der Waals surface area contributed by atoms with Crippen LogP contribution in [-0.2, 0) is 0 Å². The summed E-state index contributed by atoms with van der Waals surface area (Å²) in [6, 6.07) is 7.14. The van der Waals surface area contributed by atoms with Crippen LogP contribution in [0.15, 0.2) is 35.1 Å². The molecule has 0 saturated heterocycles. The summed E-state index contributed by atoms with van der Waals surface area (Å²) in [5.74, 6) is -1.86. The second-order valence-electron chi connectivity index (χ2n) is 4.00. The molecular formula is C13H9ClN2O4. The molecule has 0 amide bonds. The third-order valence-corrected chi connectivity index (χ3v) is 2.79. The van der Waals surface area contributed by atoms with Crippen LogP contribution in [0.4, 0.5) is 0 Å². The van der Waals surface area contributed by atoms with E-state index in [9.17, 15) is 14.4 Å². The highest BCUT2D eigenvalue weighted by molar-refractivity contribution is 6.30. The zero-order valence-electron chi connectivity index (χ0n) is 10.3. The van der Waals surface area contributed by atoms with Crippen LogP contribution in [0.2, 0.25) is 5.02 Å². The van der Waals surface area contributed by atoms with Crippen molar-refractivity contribution in [3.05, 3.63) is 57.0 Å². The maximum atomic E-state index is 12.1. The third-order valence-electron chi connectivity index (χ3n) is 2.56. The van der Waals surface area contributed by atoms with E-state index in [4.69, 9.17) is 16.7 Å².